The lowest BCUT2D eigenvalue weighted by Crippen LogP contribution is -2.08. The zero-order valence-corrected chi connectivity index (χ0v) is 9.90. The van der Waals surface area contributed by atoms with Crippen LogP contribution in [0.25, 0.3) is 0 Å². The normalized spacial score (nSPS) is 10.2. The zero-order valence-electron chi connectivity index (χ0n) is 9.90. The minimum Gasteiger partial charge on any atom is -0.457 e. The van der Waals surface area contributed by atoms with Gasteiger partial charge in [-0.2, -0.15) is 0 Å². The lowest BCUT2D eigenvalue weighted by molar-refractivity contribution is 0.0473. The molecule has 0 heterocycles. The molecule has 2 N–H and O–H groups in total. The molecule has 0 bridgehead atoms. The number of para-hydroxylation sites is 1. The Labute approximate surface area is 108 Å². The van der Waals surface area contributed by atoms with Crippen LogP contribution in [-0.4, -0.2) is 5.97 Å². The summed E-state index contributed by atoms with van der Waals surface area (Å²) >= 11 is 0. The fourth-order valence-corrected chi connectivity index (χ4v) is 1.54. The summed E-state index contributed by atoms with van der Waals surface area (Å²) in [7, 11) is 0. The lowest BCUT2D eigenvalue weighted by Gasteiger charge is -2.07. The topological polar surface area (TPSA) is 52.3 Å². The molecule has 3 nitrogen and oxygen atoms in total. The van der Waals surface area contributed by atoms with Crippen LogP contribution in [0.4, 0.5) is 14.5 Å². The molecule has 2 aromatic rings. The average molecular weight is 263 g/mol. The molecule has 0 fully saturated rings. The predicted octanol–water partition coefficient (Wildman–Crippen LogP) is 2.90. The van der Waals surface area contributed by atoms with Crippen LogP contribution in [0, 0.1) is 11.6 Å². The number of benzene rings is 2. The molecule has 0 radical (unpaired) electrons. The minimum absolute atomic E-state index is 0.148. The molecule has 0 aliphatic rings. The fourth-order valence-electron chi connectivity index (χ4n) is 1.54. The van der Waals surface area contributed by atoms with Crippen molar-refractivity contribution in [1.29, 1.82) is 0 Å². The van der Waals surface area contributed by atoms with Crippen molar-refractivity contribution in [2.45, 2.75) is 6.61 Å². The lowest BCUT2D eigenvalue weighted by atomic mass is 10.2. The van der Waals surface area contributed by atoms with E-state index in [9.17, 15) is 13.6 Å². The van der Waals surface area contributed by atoms with E-state index in [4.69, 9.17) is 10.5 Å². The Hall–Kier alpha value is -2.43. The van der Waals surface area contributed by atoms with Crippen molar-refractivity contribution in [2.24, 2.45) is 0 Å². The maximum Gasteiger partial charge on any atom is 0.340 e. The third-order valence-electron chi connectivity index (χ3n) is 2.53. The Morgan fingerprint density at radius 3 is 2.53 bits per heavy atom. The van der Waals surface area contributed by atoms with E-state index in [2.05, 4.69) is 0 Å². The summed E-state index contributed by atoms with van der Waals surface area (Å²) in [6.07, 6.45) is 0. The summed E-state index contributed by atoms with van der Waals surface area (Å²) < 4.78 is 30.7. The van der Waals surface area contributed by atoms with Gasteiger partial charge in [-0.05, 0) is 29.8 Å². The van der Waals surface area contributed by atoms with Gasteiger partial charge in [-0.15, -0.1) is 0 Å². The molecule has 0 amide bonds. The van der Waals surface area contributed by atoms with Gasteiger partial charge in [-0.1, -0.05) is 18.2 Å². The molecule has 0 aliphatic heterocycles. The van der Waals surface area contributed by atoms with E-state index in [-0.39, 0.29) is 12.2 Å². The minimum atomic E-state index is -0.979. The third-order valence-corrected chi connectivity index (χ3v) is 2.53. The Bertz CT molecular complexity index is 614. The molecule has 0 aromatic heterocycles. The molecule has 0 saturated carbocycles. The largest absolute Gasteiger partial charge is 0.457 e. The van der Waals surface area contributed by atoms with Gasteiger partial charge in [-0.3, -0.25) is 0 Å². The van der Waals surface area contributed by atoms with Crippen molar-refractivity contribution in [3.63, 3.8) is 0 Å². The summed E-state index contributed by atoms with van der Waals surface area (Å²) in [6, 6.07) is 9.77. The molecular formula is C14H11F2NO2. The Kier molecular flexibility index (Phi) is 3.75. The number of nitrogen functional groups attached to an aromatic ring is 1. The van der Waals surface area contributed by atoms with Crippen LogP contribution in [0.5, 0.6) is 0 Å². The number of nitrogens with two attached hydrogens (primary N) is 1. The van der Waals surface area contributed by atoms with E-state index < -0.39 is 17.6 Å². The van der Waals surface area contributed by atoms with Gasteiger partial charge < -0.3 is 10.5 Å². The van der Waals surface area contributed by atoms with Crippen LogP contribution in [0.15, 0.2) is 42.5 Å². The fraction of sp³-hybridized carbons (Fsp3) is 0.0714. The monoisotopic (exact) mass is 263 g/mol. The molecule has 0 aliphatic carbocycles. The van der Waals surface area contributed by atoms with Crippen LogP contribution in [0.2, 0.25) is 0 Å². The number of hydrogen-bond donors (Lipinski definition) is 1. The maximum absolute atomic E-state index is 13.0. The molecule has 19 heavy (non-hydrogen) atoms. The van der Waals surface area contributed by atoms with Crippen molar-refractivity contribution in [2.75, 3.05) is 5.73 Å². The highest BCUT2D eigenvalue weighted by Gasteiger charge is 2.11. The number of carbonyl (C=O) groups is 1. The highest BCUT2D eigenvalue weighted by Crippen LogP contribution is 2.14. The zero-order chi connectivity index (χ0) is 13.8. The van der Waals surface area contributed by atoms with Gasteiger partial charge >= 0.3 is 5.97 Å². The van der Waals surface area contributed by atoms with Gasteiger partial charge in [0, 0.05) is 5.69 Å². The highest BCUT2D eigenvalue weighted by atomic mass is 19.2. The van der Waals surface area contributed by atoms with Crippen molar-refractivity contribution in [3.05, 3.63) is 65.2 Å². The van der Waals surface area contributed by atoms with Crippen molar-refractivity contribution in [1.82, 2.24) is 0 Å². The van der Waals surface area contributed by atoms with Crippen LogP contribution in [0.1, 0.15) is 15.9 Å². The highest BCUT2D eigenvalue weighted by molar-refractivity contribution is 5.94. The first kappa shape index (κ1) is 13.0. The van der Waals surface area contributed by atoms with E-state index in [0.717, 1.165) is 12.1 Å². The van der Waals surface area contributed by atoms with Crippen LogP contribution in [-0.2, 0) is 11.3 Å². The number of hydrogen-bond acceptors (Lipinski definition) is 3. The number of ether oxygens (including phenoxy) is 1. The average Bonchev–Trinajstić information content (AvgIpc) is 2.40. The summed E-state index contributed by atoms with van der Waals surface area (Å²) in [4.78, 5) is 11.7. The summed E-state index contributed by atoms with van der Waals surface area (Å²) in [5.41, 5.74) is 6.53. The van der Waals surface area contributed by atoms with Crippen molar-refractivity contribution in [3.8, 4) is 0 Å². The third kappa shape index (κ3) is 3.07. The quantitative estimate of drug-likeness (QED) is 0.684. The molecule has 2 rings (SSSR count). The van der Waals surface area contributed by atoms with Gasteiger partial charge in [0.05, 0.1) is 5.56 Å². The molecule has 0 unspecified atom stereocenters. The molecule has 0 spiro atoms. The summed E-state index contributed by atoms with van der Waals surface area (Å²) in [5.74, 6) is -2.53. The van der Waals surface area contributed by atoms with Gasteiger partial charge in [0.2, 0.25) is 0 Å². The van der Waals surface area contributed by atoms with E-state index in [1.54, 1.807) is 18.2 Å². The second-order valence-electron chi connectivity index (χ2n) is 3.91. The molecule has 5 heteroatoms. The van der Waals surface area contributed by atoms with Crippen LogP contribution in [0.3, 0.4) is 0 Å². The molecule has 0 saturated heterocycles. The Balaban J connectivity index is 2.04. The first-order valence-corrected chi connectivity index (χ1v) is 5.53. The van der Waals surface area contributed by atoms with Crippen molar-refractivity contribution < 1.29 is 18.3 Å². The second kappa shape index (κ2) is 5.48. The van der Waals surface area contributed by atoms with Gasteiger partial charge in [0.15, 0.2) is 11.6 Å². The van der Waals surface area contributed by atoms with E-state index >= 15 is 0 Å². The Morgan fingerprint density at radius 1 is 1.11 bits per heavy atom. The number of rotatable bonds is 3. The van der Waals surface area contributed by atoms with Crippen LogP contribution >= 0.6 is 0 Å². The number of carbonyl (C=O) groups excluding carboxylic acids is 1. The Morgan fingerprint density at radius 2 is 1.84 bits per heavy atom. The van der Waals surface area contributed by atoms with Gasteiger partial charge in [-0.25, -0.2) is 13.6 Å². The smallest absolute Gasteiger partial charge is 0.340 e. The van der Waals surface area contributed by atoms with Gasteiger partial charge in [0.25, 0.3) is 0 Å². The first-order chi connectivity index (χ1) is 9.08. The second-order valence-corrected chi connectivity index (χ2v) is 3.91. The van der Waals surface area contributed by atoms with Gasteiger partial charge in [0.1, 0.15) is 6.61 Å². The SMILES string of the molecule is Nc1ccccc1C(=O)OCc1ccc(F)c(F)c1. The first-order valence-electron chi connectivity index (χ1n) is 5.53. The number of halogens is 2. The maximum atomic E-state index is 13.0. The molecule has 98 valence electrons. The molecular weight excluding hydrogens is 252 g/mol. The van der Waals surface area contributed by atoms with Crippen LogP contribution < -0.4 is 5.73 Å². The standard InChI is InChI=1S/C14H11F2NO2/c15-11-6-5-9(7-12(11)16)8-19-14(18)10-3-1-2-4-13(10)17/h1-7H,8,17H2. The van der Waals surface area contributed by atoms with E-state index in [1.807, 2.05) is 0 Å². The van der Waals surface area contributed by atoms with E-state index in [1.165, 1.54) is 12.1 Å². The molecule has 0 atom stereocenters. The number of esters is 1. The molecule has 2 aromatic carbocycles. The summed E-state index contributed by atoms with van der Waals surface area (Å²) in [5, 5.41) is 0. The van der Waals surface area contributed by atoms with E-state index in [0.29, 0.717) is 11.3 Å². The predicted molar refractivity (Wildman–Crippen MR) is 66.3 cm³/mol. The summed E-state index contributed by atoms with van der Waals surface area (Å²) in [6.45, 7) is -0.148. The number of anilines is 1. The van der Waals surface area contributed by atoms with Crippen molar-refractivity contribution >= 4 is 11.7 Å².